The van der Waals surface area contributed by atoms with Gasteiger partial charge in [0.15, 0.2) is 0 Å². The van der Waals surface area contributed by atoms with Crippen LogP contribution in [0.15, 0.2) is 36.4 Å². The maximum atomic E-state index is 9.91. The van der Waals surface area contributed by atoms with E-state index in [1.54, 1.807) is 6.07 Å². The maximum Gasteiger partial charge on any atom is 0.138 e. The zero-order chi connectivity index (χ0) is 14.7. The third kappa shape index (κ3) is 3.33. The van der Waals surface area contributed by atoms with Crippen LogP contribution in [0, 0.1) is 13.8 Å². The van der Waals surface area contributed by atoms with Crippen LogP contribution in [0.25, 0.3) is 0 Å². The normalized spacial score (nSPS) is 12.4. The molecule has 0 fully saturated rings. The molecule has 2 N–H and O–H groups in total. The van der Waals surface area contributed by atoms with Crippen LogP contribution in [0.1, 0.15) is 35.2 Å². The third-order valence-electron chi connectivity index (χ3n) is 3.57. The molecule has 0 bridgehead atoms. The number of hydrogen-bond donors (Lipinski definition) is 2. The molecule has 2 rings (SSSR count). The second-order valence-electron chi connectivity index (χ2n) is 5.21. The summed E-state index contributed by atoms with van der Waals surface area (Å²) in [6, 6.07) is 12.1. The molecule has 1 atom stereocenters. The number of aryl methyl sites for hydroxylation is 2. The number of para-hydroxylation sites is 1. The van der Waals surface area contributed by atoms with Crippen molar-refractivity contribution in [3.05, 3.63) is 63.7 Å². The molecule has 0 aromatic heterocycles. The lowest BCUT2D eigenvalue weighted by molar-refractivity contribution is 0.460. The van der Waals surface area contributed by atoms with Gasteiger partial charge in [-0.2, -0.15) is 0 Å². The molecule has 106 valence electrons. The van der Waals surface area contributed by atoms with Gasteiger partial charge in [0.2, 0.25) is 0 Å². The summed E-state index contributed by atoms with van der Waals surface area (Å²) in [6.07, 6.45) is 0. The lowest BCUT2D eigenvalue weighted by Gasteiger charge is -2.18. The summed E-state index contributed by atoms with van der Waals surface area (Å²) in [5.41, 5.74) is 4.62. The fraction of sp³-hybridized carbons (Fsp3) is 0.294. The van der Waals surface area contributed by atoms with Crippen LogP contribution in [0.5, 0.6) is 5.75 Å². The Morgan fingerprint density at radius 2 is 1.95 bits per heavy atom. The lowest BCUT2D eigenvalue weighted by atomic mass is 10.00. The fourth-order valence-corrected chi connectivity index (χ4v) is 2.50. The van der Waals surface area contributed by atoms with Gasteiger partial charge in [0, 0.05) is 18.2 Å². The fourth-order valence-electron chi connectivity index (χ4n) is 2.30. The number of phenols is 1. The molecule has 0 heterocycles. The largest absolute Gasteiger partial charge is 0.506 e. The second kappa shape index (κ2) is 6.29. The van der Waals surface area contributed by atoms with E-state index in [-0.39, 0.29) is 11.8 Å². The van der Waals surface area contributed by atoms with Gasteiger partial charge >= 0.3 is 0 Å². The van der Waals surface area contributed by atoms with Gasteiger partial charge in [0.25, 0.3) is 0 Å². The molecule has 0 amide bonds. The Morgan fingerprint density at radius 3 is 2.70 bits per heavy atom. The van der Waals surface area contributed by atoms with Crippen molar-refractivity contribution in [3.63, 3.8) is 0 Å². The van der Waals surface area contributed by atoms with Crippen LogP contribution in [0.3, 0.4) is 0 Å². The first-order chi connectivity index (χ1) is 9.49. The first-order valence-electron chi connectivity index (χ1n) is 6.76. The molecule has 2 aromatic carbocycles. The van der Waals surface area contributed by atoms with Gasteiger partial charge < -0.3 is 10.4 Å². The van der Waals surface area contributed by atoms with E-state index in [1.807, 2.05) is 12.1 Å². The highest BCUT2D eigenvalue weighted by molar-refractivity contribution is 6.32. The summed E-state index contributed by atoms with van der Waals surface area (Å²) in [5, 5.41) is 13.7. The zero-order valence-electron chi connectivity index (χ0n) is 12.1. The average molecular weight is 290 g/mol. The van der Waals surface area contributed by atoms with E-state index in [9.17, 15) is 5.11 Å². The van der Waals surface area contributed by atoms with E-state index in [4.69, 9.17) is 11.6 Å². The van der Waals surface area contributed by atoms with Gasteiger partial charge in [-0.15, -0.1) is 0 Å². The number of nitrogens with one attached hydrogen (secondary N) is 1. The molecular formula is C17H20ClNO. The van der Waals surface area contributed by atoms with Gasteiger partial charge in [-0.3, -0.25) is 0 Å². The Labute approximate surface area is 125 Å². The van der Waals surface area contributed by atoms with E-state index >= 15 is 0 Å². The summed E-state index contributed by atoms with van der Waals surface area (Å²) in [6.45, 7) is 6.92. The average Bonchev–Trinajstić information content (AvgIpc) is 2.43. The van der Waals surface area contributed by atoms with Crippen LogP contribution in [0.4, 0.5) is 0 Å². The topological polar surface area (TPSA) is 32.3 Å². The molecule has 1 unspecified atom stereocenters. The zero-order valence-corrected chi connectivity index (χ0v) is 12.8. The van der Waals surface area contributed by atoms with Crippen molar-refractivity contribution in [2.24, 2.45) is 0 Å². The number of hydrogen-bond acceptors (Lipinski definition) is 2. The van der Waals surface area contributed by atoms with Gasteiger partial charge in [0.05, 0.1) is 5.02 Å². The van der Waals surface area contributed by atoms with Crippen molar-refractivity contribution in [3.8, 4) is 5.75 Å². The first-order valence-corrected chi connectivity index (χ1v) is 7.13. The van der Waals surface area contributed by atoms with Crippen molar-refractivity contribution < 1.29 is 5.11 Å². The molecule has 0 saturated carbocycles. The highest BCUT2D eigenvalue weighted by Gasteiger charge is 2.10. The third-order valence-corrected chi connectivity index (χ3v) is 3.88. The van der Waals surface area contributed by atoms with Crippen LogP contribution >= 0.6 is 11.6 Å². The van der Waals surface area contributed by atoms with E-state index in [0.29, 0.717) is 11.6 Å². The number of phenolic OH excluding ortho intramolecular Hbond substituents is 1. The molecule has 0 aliphatic heterocycles. The van der Waals surface area contributed by atoms with E-state index in [1.165, 1.54) is 16.7 Å². The number of rotatable bonds is 4. The van der Waals surface area contributed by atoms with Gasteiger partial charge in [-0.1, -0.05) is 47.5 Å². The molecular weight excluding hydrogens is 270 g/mol. The lowest BCUT2D eigenvalue weighted by Crippen LogP contribution is -2.19. The molecule has 2 nitrogen and oxygen atoms in total. The smallest absolute Gasteiger partial charge is 0.138 e. The van der Waals surface area contributed by atoms with Crippen LogP contribution in [-0.2, 0) is 6.54 Å². The summed E-state index contributed by atoms with van der Waals surface area (Å²) in [5.74, 6) is 0.162. The van der Waals surface area contributed by atoms with Crippen molar-refractivity contribution >= 4 is 11.6 Å². The van der Waals surface area contributed by atoms with Crippen molar-refractivity contribution in [1.29, 1.82) is 0 Å². The minimum Gasteiger partial charge on any atom is -0.506 e. The molecule has 2 aromatic rings. The van der Waals surface area contributed by atoms with Gasteiger partial charge in [0.1, 0.15) is 5.75 Å². The SMILES string of the molecule is Cc1ccc(C)c(C(C)NCc2cccc(Cl)c2O)c1. The Kier molecular flexibility index (Phi) is 4.69. The van der Waals surface area contributed by atoms with Crippen LogP contribution < -0.4 is 5.32 Å². The molecule has 20 heavy (non-hydrogen) atoms. The Hall–Kier alpha value is -1.51. The van der Waals surface area contributed by atoms with Crippen LogP contribution in [-0.4, -0.2) is 5.11 Å². The van der Waals surface area contributed by atoms with Crippen molar-refractivity contribution in [2.45, 2.75) is 33.4 Å². The summed E-state index contributed by atoms with van der Waals surface area (Å²) in [4.78, 5) is 0. The van der Waals surface area contributed by atoms with Crippen molar-refractivity contribution in [1.82, 2.24) is 5.32 Å². The molecule has 0 spiro atoms. The summed E-state index contributed by atoms with van der Waals surface area (Å²) >= 11 is 5.91. The van der Waals surface area contributed by atoms with Crippen molar-refractivity contribution in [2.75, 3.05) is 0 Å². The predicted molar refractivity (Wildman–Crippen MR) is 84.3 cm³/mol. The summed E-state index contributed by atoms with van der Waals surface area (Å²) in [7, 11) is 0. The molecule has 0 aliphatic rings. The predicted octanol–water partition coefficient (Wildman–Crippen LogP) is 4.51. The highest BCUT2D eigenvalue weighted by Crippen LogP contribution is 2.27. The molecule has 3 heteroatoms. The number of halogens is 1. The Morgan fingerprint density at radius 1 is 1.20 bits per heavy atom. The minimum atomic E-state index is 0.162. The number of benzene rings is 2. The Balaban J connectivity index is 2.10. The van der Waals surface area contributed by atoms with Gasteiger partial charge in [-0.25, -0.2) is 0 Å². The summed E-state index contributed by atoms with van der Waals surface area (Å²) < 4.78 is 0. The molecule has 0 saturated heterocycles. The standard InChI is InChI=1S/C17H20ClNO/c1-11-7-8-12(2)15(9-11)13(3)19-10-14-5-4-6-16(18)17(14)20/h4-9,13,19-20H,10H2,1-3H3. The minimum absolute atomic E-state index is 0.162. The Bertz CT molecular complexity index is 610. The van der Waals surface area contributed by atoms with Gasteiger partial charge in [-0.05, 0) is 38.0 Å². The highest BCUT2D eigenvalue weighted by atomic mass is 35.5. The van der Waals surface area contributed by atoms with E-state index < -0.39 is 0 Å². The molecule has 0 radical (unpaired) electrons. The van der Waals surface area contributed by atoms with Crippen LogP contribution in [0.2, 0.25) is 5.02 Å². The monoisotopic (exact) mass is 289 g/mol. The second-order valence-corrected chi connectivity index (χ2v) is 5.62. The first kappa shape index (κ1) is 14.9. The quantitative estimate of drug-likeness (QED) is 0.868. The maximum absolute atomic E-state index is 9.91. The molecule has 0 aliphatic carbocycles. The van der Waals surface area contributed by atoms with E-state index in [0.717, 1.165) is 5.56 Å². The van der Waals surface area contributed by atoms with E-state index in [2.05, 4.69) is 44.3 Å². The number of aromatic hydroxyl groups is 1.